The minimum absolute atomic E-state index is 0.170. The second kappa shape index (κ2) is 6.11. The zero-order valence-electron chi connectivity index (χ0n) is 10.1. The Morgan fingerprint density at radius 1 is 1.50 bits per heavy atom. The van der Waals surface area contributed by atoms with E-state index >= 15 is 0 Å². The van der Waals surface area contributed by atoms with E-state index in [1.165, 1.54) is 12.1 Å². The Labute approximate surface area is 114 Å². The number of nitrogens with zero attached hydrogens (tertiary/aromatic N) is 2. The molecule has 0 aliphatic rings. The Bertz CT molecular complexity index is 499. The Morgan fingerprint density at radius 3 is 3.00 bits per heavy atom. The number of benzene rings is 1. The molecule has 0 fully saturated rings. The molecule has 1 N–H and O–H groups in total. The molecule has 5 heteroatoms. The van der Waals surface area contributed by atoms with E-state index in [-0.39, 0.29) is 11.9 Å². The Hall–Kier alpha value is -1.20. The molecule has 0 aliphatic heterocycles. The second-order valence-corrected chi connectivity index (χ2v) is 5.00. The van der Waals surface area contributed by atoms with Crippen molar-refractivity contribution in [2.45, 2.75) is 19.5 Å². The fraction of sp³-hybridized carbons (Fsp3) is 0.308. The SMILES string of the molecule is CC(NCCn1ccnc1)c1ccc(F)cc1Br. The van der Waals surface area contributed by atoms with Crippen LogP contribution in [0.15, 0.2) is 41.4 Å². The highest BCUT2D eigenvalue weighted by atomic mass is 79.9. The summed E-state index contributed by atoms with van der Waals surface area (Å²) in [6.07, 6.45) is 5.49. The van der Waals surface area contributed by atoms with Crippen molar-refractivity contribution in [3.05, 3.63) is 52.8 Å². The van der Waals surface area contributed by atoms with Crippen LogP contribution in [0.3, 0.4) is 0 Å². The van der Waals surface area contributed by atoms with E-state index in [1.54, 1.807) is 18.6 Å². The third kappa shape index (κ3) is 3.40. The van der Waals surface area contributed by atoms with Gasteiger partial charge in [-0.05, 0) is 24.6 Å². The fourth-order valence-corrected chi connectivity index (χ4v) is 2.49. The van der Waals surface area contributed by atoms with E-state index < -0.39 is 0 Å². The van der Waals surface area contributed by atoms with Gasteiger partial charge in [-0.15, -0.1) is 0 Å². The van der Waals surface area contributed by atoms with Gasteiger partial charge in [0.05, 0.1) is 6.33 Å². The van der Waals surface area contributed by atoms with E-state index in [4.69, 9.17) is 0 Å². The monoisotopic (exact) mass is 311 g/mol. The third-order valence-electron chi connectivity index (χ3n) is 2.81. The van der Waals surface area contributed by atoms with Crippen LogP contribution in [-0.4, -0.2) is 16.1 Å². The van der Waals surface area contributed by atoms with Crippen LogP contribution in [-0.2, 0) is 6.54 Å². The quantitative estimate of drug-likeness (QED) is 0.919. The molecule has 0 spiro atoms. The smallest absolute Gasteiger partial charge is 0.124 e. The van der Waals surface area contributed by atoms with Crippen molar-refractivity contribution in [2.24, 2.45) is 0 Å². The molecule has 18 heavy (non-hydrogen) atoms. The number of rotatable bonds is 5. The van der Waals surface area contributed by atoms with Crippen molar-refractivity contribution in [3.8, 4) is 0 Å². The van der Waals surface area contributed by atoms with Gasteiger partial charge in [0.15, 0.2) is 0 Å². The number of aromatic nitrogens is 2. The van der Waals surface area contributed by atoms with Crippen LogP contribution >= 0.6 is 15.9 Å². The first-order valence-electron chi connectivity index (χ1n) is 5.81. The minimum Gasteiger partial charge on any atom is -0.336 e. The van der Waals surface area contributed by atoms with Crippen molar-refractivity contribution in [1.82, 2.24) is 14.9 Å². The summed E-state index contributed by atoms with van der Waals surface area (Å²) >= 11 is 3.38. The van der Waals surface area contributed by atoms with Gasteiger partial charge in [0.1, 0.15) is 5.82 Å². The number of nitrogens with one attached hydrogen (secondary N) is 1. The predicted molar refractivity (Wildman–Crippen MR) is 72.7 cm³/mol. The summed E-state index contributed by atoms with van der Waals surface area (Å²) in [5.74, 6) is -0.226. The molecule has 1 unspecified atom stereocenters. The van der Waals surface area contributed by atoms with E-state index in [2.05, 4.69) is 33.2 Å². The Kier molecular flexibility index (Phi) is 4.49. The highest BCUT2D eigenvalue weighted by Crippen LogP contribution is 2.23. The molecule has 96 valence electrons. The van der Waals surface area contributed by atoms with Gasteiger partial charge < -0.3 is 9.88 Å². The number of hydrogen-bond acceptors (Lipinski definition) is 2. The predicted octanol–water partition coefficient (Wildman–Crippen LogP) is 3.14. The first-order chi connectivity index (χ1) is 8.66. The Balaban J connectivity index is 1.89. The molecular formula is C13H15BrFN3. The van der Waals surface area contributed by atoms with Gasteiger partial charge in [-0.3, -0.25) is 0 Å². The van der Waals surface area contributed by atoms with Crippen LogP contribution in [0.25, 0.3) is 0 Å². The molecule has 0 saturated carbocycles. The van der Waals surface area contributed by atoms with Crippen molar-refractivity contribution in [1.29, 1.82) is 0 Å². The summed E-state index contributed by atoms with van der Waals surface area (Å²) in [4.78, 5) is 3.99. The van der Waals surface area contributed by atoms with Gasteiger partial charge >= 0.3 is 0 Å². The lowest BCUT2D eigenvalue weighted by molar-refractivity contribution is 0.528. The number of halogens is 2. The summed E-state index contributed by atoms with van der Waals surface area (Å²) in [5, 5.41) is 3.40. The maximum Gasteiger partial charge on any atom is 0.124 e. The zero-order chi connectivity index (χ0) is 13.0. The van der Waals surface area contributed by atoms with E-state index in [0.717, 1.165) is 23.1 Å². The molecule has 0 saturated heterocycles. The second-order valence-electron chi connectivity index (χ2n) is 4.14. The van der Waals surface area contributed by atoms with E-state index in [0.29, 0.717) is 0 Å². The van der Waals surface area contributed by atoms with Gasteiger partial charge in [0, 0.05) is 36.0 Å². The summed E-state index contributed by atoms with van der Waals surface area (Å²) in [6.45, 7) is 3.76. The van der Waals surface area contributed by atoms with Crippen molar-refractivity contribution in [3.63, 3.8) is 0 Å². The maximum absolute atomic E-state index is 13.0. The molecule has 2 rings (SSSR count). The molecule has 0 amide bonds. The normalized spacial score (nSPS) is 12.6. The molecule has 1 atom stereocenters. The van der Waals surface area contributed by atoms with Crippen molar-refractivity contribution < 1.29 is 4.39 Å². The number of hydrogen-bond donors (Lipinski definition) is 1. The van der Waals surface area contributed by atoms with Gasteiger partial charge in [-0.1, -0.05) is 22.0 Å². The van der Waals surface area contributed by atoms with Gasteiger partial charge in [0.2, 0.25) is 0 Å². The summed E-state index contributed by atoms with van der Waals surface area (Å²) < 4.78 is 15.8. The van der Waals surface area contributed by atoms with Gasteiger partial charge in [-0.25, -0.2) is 9.37 Å². The molecule has 3 nitrogen and oxygen atoms in total. The standard InChI is InChI=1S/C13H15BrFN3/c1-10(12-3-2-11(15)8-13(12)14)17-5-7-18-6-4-16-9-18/h2-4,6,8-10,17H,5,7H2,1H3. The average Bonchev–Trinajstić information content (AvgIpc) is 2.81. The molecular weight excluding hydrogens is 297 g/mol. The van der Waals surface area contributed by atoms with Gasteiger partial charge in [-0.2, -0.15) is 0 Å². The maximum atomic E-state index is 13.0. The van der Waals surface area contributed by atoms with Crippen LogP contribution in [0, 0.1) is 5.82 Å². The minimum atomic E-state index is -0.226. The zero-order valence-corrected chi connectivity index (χ0v) is 11.7. The van der Waals surface area contributed by atoms with E-state index in [9.17, 15) is 4.39 Å². The largest absolute Gasteiger partial charge is 0.336 e. The highest BCUT2D eigenvalue weighted by Gasteiger charge is 2.09. The highest BCUT2D eigenvalue weighted by molar-refractivity contribution is 9.10. The topological polar surface area (TPSA) is 29.9 Å². The molecule has 0 bridgehead atoms. The first kappa shape index (κ1) is 13.2. The van der Waals surface area contributed by atoms with Crippen molar-refractivity contribution in [2.75, 3.05) is 6.54 Å². The molecule has 1 aromatic carbocycles. The van der Waals surface area contributed by atoms with Crippen LogP contribution in [0.4, 0.5) is 4.39 Å². The fourth-order valence-electron chi connectivity index (χ4n) is 1.79. The van der Waals surface area contributed by atoms with Crippen molar-refractivity contribution >= 4 is 15.9 Å². The molecule has 1 aromatic heterocycles. The summed E-state index contributed by atoms with van der Waals surface area (Å²) in [7, 11) is 0. The Morgan fingerprint density at radius 2 is 2.33 bits per heavy atom. The van der Waals surface area contributed by atoms with Crippen LogP contribution in [0.2, 0.25) is 0 Å². The molecule has 1 heterocycles. The molecule has 0 aliphatic carbocycles. The van der Waals surface area contributed by atoms with Crippen LogP contribution in [0.1, 0.15) is 18.5 Å². The number of imidazole rings is 1. The van der Waals surface area contributed by atoms with Crippen LogP contribution < -0.4 is 5.32 Å². The first-order valence-corrected chi connectivity index (χ1v) is 6.60. The lowest BCUT2D eigenvalue weighted by Crippen LogP contribution is -2.23. The summed E-state index contributed by atoms with van der Waals surface area (Å²) in [6, 6.07) is 4.94. The lowest BCUT2D eigenvalue weighted by Gasteiger charge is -2.16. The van der Waals surface area contributed by atoms with Gasteiger partial charge in [0.25, 0.3) is 0 Å². The van der Waals surface area contributed by atoms with Crippen LogP contribution in [0.5, 0.6) is 0 Å². The van der Waals surface area contributed by atoms with E-state index in [1.807, 2.05) is 10.8 Å². The lowest BCUT2D eigenvalue weighted by atomic mass is 10.1. The summed E-state index contributed by atoms with van der Waals surface area (Å²) in [5.41, 5.74) is 1.06. The molecule has 0 radical (unpaired) electrons. The average molecular weight is 312 g/mol. The molecule has 2 aromatic rings. The third-order valence-corrected chi connectivity index (χ3v) is 3.50.